The minimum Gasteiger partial charge on any atom is -0.354 e. The summed E-state index contributed by atoms with van der Waals surface area (Å²) in [5.74, 6) is -0.394. The summed E-state index contributed by atoms with van der Waals surface area (Å²) < 4.78 is 0. The van der Waals surface area contributed by atoms with E-state index in [1.807, 2.05) is 0 Å². The lowest BCUT2D eigenvalue weighted by molar-refractivity contribution is 0.0954. The third kappa shape index (κ3) is 2.15. The number of rotatable bonds is 3. The summed E-state index contributed by atoms with van der Waals surface area (Å²) in [4.78, 5) is 29.9. The van der Waals surface area contributed by atoms with Crippen LogP contribution in [0.25, 0.3) is 0 Å². The van der Waals surface area contributed by atoms with Crippen LogP contribution in [0.2, 0.25) is 6.32 Å². The highest BCUT2D eigenvalue weighted by Gasteiger charge is 2.08. The van der Waals surface area contributed by atoms with Crippen LogP contribution in [0.5, 0.6) is 0 Å². The smallest absolute Gasteiger partial charge is 0.271 e. The van der Waals surface area contributed by atoms with Gasteiger partial charge >= 0.3 is 0 Å². The van der Waals surface area contributed by atoms with Crippen molar-refractivity contribution < 1.29 is 9.59 Å². The van der Waals surface area contributed by atoms with E-state index < -0.39 is 0 Å². The van der Waals surface area contributed by atoms with Gasteiger partial charge in [0.05, 0.1) is 12.4 Å². The van der Waals surface area contributed by atoms with Gasteiger partial charge in [0.2, 0.25) is 0 Å². The first-order valence-corrected chi connectivity index (χ1v) is 4.26. The van der Waals surface area contributed by atoms with E-state index in [-0.39, 0.29) is 17.4 Å². The van der Waals surface area contributed by atoms with Gasteiger partial charge in [0, 0.05) is 7.05 Å². The molecule has 1 N–H and O–H groups in total. The summed E-state index contributed by atoms with van der Waals surface area (Å²) >= 11 is 0. The molecule has 0 aromatic carbocycles. The molecule has 0 aliphatic rings. The van der Waals surface area contributed by atoms with Gasteiger partial charge < -0.3 is 5.32 Å². The minimum atomic E-state index is -0.312. The van der Waals surface area contributed by atoms with Gasteiger partial charge in [-0.15, -0.1) is 0 Å². The third-order valence-electron chi connectivity index (χ3n) is 1.72. The van der Waals surface area contributed by atoms with Gasteiger partial charge in [-0.05, 0) is 6.32 Å². The Kier molecular flexibility index (Phi) is 3.33. The SMILES string of the molecule is BCC(=O)c1cnc(C(=O)NC)cn1. The number of nitrogens with zero attached hydrogens (tertiary/aromatic N) is 2. The number of hydrogen-bond acceptors (Lipinski definition) is 4. The van der Waals surface area contributed by atoms with Gasteiger partial charge in [0.15, 0.2) is 5.78 Å². The standard InChI is InChI=1S/C8H10BN3O2/c1-10-8(14)6-4-11-5(3-12-6)7(13)2-9/h3-4H,2,9H2,1H3,(H,10,14). The van der Waals surface area contributed by atoms with Gasteiger partial charge in [-0.3, -0.25) is 9.59 Å². The van der Waals surface area contributed by atoms with Crippen LogP contribution in [-0.4, -0.2) is 36.6 Å². The number of carbonyl (C=O) groups is 2. The van der Waals surface area contributed by atoms with Crippen molar-refractivity contribution >= 4 is 19.5 Å². The molecule has 0 saturated carbocycles. The molecule has 1 heterocycles. The molecule has 0 bridgehead atoms. The Morgan fingerprint density at radius 1 is 1.36 bits per heavy atom. The molecule has 0 fully saturated rings. The quantitative estimate of drug-likeness (QED) is 0.494. The van der Waals surface area contributed by atoms with Gasteiger partial charge in [0.1, 0.15) is 19.2 Å². The fourth-order valence-corrected chi connectivity index (χ4v) is 0.898. The minimum absolute atomic E-state index is 0.0824. The normalized spacial score (nSPS) is 9.50. The van der Waals surface area contributed by atoms with Crippen molar-refractivity contribution in [1.82, 2.24) is 15.3 Å². The van der Waals surface area contributed by atoms with Crippen molar-refractivity contribution in [3.8, 4) is 0 Å². The Hall–Kier alpha value is -1.72. The Labute approximate surface area is 82.4 Å². The molecular weight excluding hydrogens is 181 g/mol. The average molecular weight is 191 g/mol. The number of Topliss-reactive ketones (excluding diaryl/α,β-unsaturated/α-hetero) is 1. The molecule has 0 aliphatic carbocycles. The van der Waals surface area contributed by atoms with Crippen LogP contribution < -0.4 is 5.32 Å². The molecule has 1 aromatic heterocycles. The van der Waals surface area contributed by atoms with Crippen LogP contribution >= 0.6 is 0 Å². The van der Waals surface area contributed by atoms with Crippen LogP contribution in [0.15, 0.2) is 12.4 Å². The van der Waals surface area contributed by atoms with E-state index in [0.29, 0.717) is 12.0 Å². The predicted octanol–water partition coefficient (Wildman–Crippen LogP) is -0.930. The van der Waals surface area contributed by atoms with Gasteiger partial charge in [0.25, 0.3) is 5.91 Å². The zero-order valence-corrected chi connectivity index (χ0v) is 8.07. The van der Waals surface area contributed by atoms with Crippen molar-refractivity contribution in [2.24, 2.45) is 0 Å². The monoisotopic (exact) mass is 191 g/mol. The highest BCUT2D eigenvalue weighted by atomic mass is 16.1. The Bertz CT molecular complexity index is 315. The van der Waals surface area contributed by atoms with Crippen molar-refractivity contribution in [3.63, 3.8) is 0 Å². The van der Waals surface area contributed by atoms with Gasteiger partial charge in [-0.1, -0.05) is 0 Å². The molecule has 1 rings (SSSR count). The van der Waals surface area contributed by atoms with Crippen molar-refractivity contribution in [2.75, 3.05) is 7.05 Å². The second-order valence-electron chi connectivity index (χ2n) is 2.64. The van der Waals surface area contributed by atoms with E-state index >= 15 is 0 Å². The van der Waals surface area contributed by atoms with Crippen LogP contribution in [0.1, 0.15) is 21.0 Å². The molecular formula is C8H10BN3O2. The molecule has 1 amide bonds. The van der Waals surface area contributed by atoms with Crippen LogP contribution in [0.4, 0.5) is 0 Å². The Morgan fingerprint density at radius 2 is 1.93 bits per heavy atom. The highest BCUT2D eigenvalue weighted by Crippen LogP contribution is 1.98. The van der Waals surface area contributed by atoms with E-state index in [0.717, 1.165) is 0 Å². The Balaban J connectivity index is 2.89. The molecule has 0 unspecified atom stereocenters. The third-order valence-corrected chi connectivity index (χ3v) is 1.72. The molecule has 6 heteroatoms. The van der Waals surface area contributed by atoms with E-state index in [2.05, 4.69) is 15.3 Å². The second kappa shape index (κ2) is 4.50. The lowest BCUT2D eigenvalue weighted by Gasteiger charge is -1.99. The topological polar surface area (TPSA) is 72.0 Å². The summed E-state index contributed by atoms with van der Waals surface area (Å²) in [5, 5.41) is 2.42. The summed E-state index contributed by atoms with van der Waals surface area (Å²) in [6.45, 7) is 0. The molecule has 5 nitrogen and oxygen atoms in total. The number of nitrogens with one attached hydrogen (secondary N) is 1. The molecule has 0 radical (unpaired) electrons. The molecule has 1 aromatic rings. The molecule has 0 saturated heterocycles. The largest absolute Gasteiger partial charge is 0.354 e. The van der Waals surface area contributed by atoms with Crippen molar-refractivity contribution in [2.45, 2.75) is 6.32 Å². The molecule has 0 atom stereocenters. The number of aromatic nitrogens is 2. The summed E-state index contributed by atoms with van der Waals surface area (Å²) in [7, 11) is 3.26. The number of hydrogen-bond donors (Lipinski definition) is 1. The molecule has 0 aliphatic heterocycles. The van der Waals surface area contributed by atoms with Gasteiger partial charge in [-0.25, -0.2) is 9.97 Å². The maximum Gasteiger partial charge on any atom is 0.271 e. The maximum atomic E-state index is 11.2. The lowest BCUT2D eigenvalue weighted by atomic mass is 9.99. The van der Waals surface area contributed by atoms with E-state index in [9.17, 15) is 9.59 Å². The van der Waals surface area contributed by atoms with Crippen molar-refractivity contribution in [1.29, 1.82) is 0 Å². The number of carbonyl (C=O) groups excluding carboxylic acids is 2. The molecule has 72 valence electrons. The van der Waals surface area contributed by atoms with Gasteiger partial charge in [-0.2, -0.15) is 0 Å². The first-order chi connectivity index (χ1) is 6.69. The fourth-order valence-electron chi connectivity index (χ4n) is 0.898. The van der Waals surface area contributed by atoms with Crippen LogP contribution in [0, 0.1) is 0 Å². The average Bonchev–Trinajstić information content (AvgIpc) is 2.27. The van der Waals surface area contributed by atoms with E-state index in [1.165, 1.54) is 19.4 Å². The lowest BCUT2D eigenvalue weighted by Crippen LogP contribution is -2.19. The zero-order valence-electron chi connectivity index (χ0n) is 8.07. The first-order valence-electron chi connectivity index (χ1n) is 4.26. The first kappa shape index (κ1) is 10.4. The number of amides is 1. The summed E-state index contributed by atoms with van der Waals surface area (Å²) in [6, 6.07) is 0. The van der Waals surface area contributed by atoms with E-state index in [1.54, 1.807) is 7.85 Å². The maximum absolute atomic E-state index is 11.2. The predicted molar refractivity (Wildman–Crippen MR) is 53.1 cm³/mol. The Morgan fingerprint density at radius 3 is 2.36 bits per heavy atom. The van der Waals surface area contributed by atoms with Crippen LogP contribution in [-0.2, 0) is 0 Å². The molecule has 14 heavy (non-hydrogen) atoms. The number of ketones is 1. The van der Waals surface area contributed by atoms with E-state index in [4.69, 9.17) is 0 Å². The fraction of sp³-hybridized carbons (Fsp3) is 0.250. The van der Waals surface area contributed by atoms with Crippen molar-refractivity contribution in [3.05, 3.63) is 23.8 Å². The summed E-state index contributed by atoms with van der Waals surface area (Å²) in [5.41, 5.74) is 0.500. The molecule has 0 spiro atoms. The second-order valence-corrected chi connectivity index (χ2v) is 2.64. The van der Waals surface area contributed by atoms with Crippen LogP contribution in [0.3, 0.4) is 0 Å². The zero-order chi connectivity index (χ0) is 10.6. The highest BCUT2D eigenvalue weighted by molar-refractivity contribution is 6.23. The summed E-state index contributed by atoms with van der Waals surface area (Å²) in [6.07, 6.45) is 2.99.